The Morgan fingerprint density at radius 1 is 1.15 bits per heavy atom. The van der Waals surface area contributed by atoms with Gasteiger partial charge in [-0.05, 0) is 37.5 Å². The molecule has 20 heavy (non-hydrogen) atoms. The second-order valence-electron chi connectivity index (χ2n) is 4.53. The van der Waals surface area contributed by atoms with Crippen molar-refractivity contribution in [3.05, 3.63) is 41.0 Å². The molecule has 1 unspecified atom stereocenters. The lowest BCUT2D eigenvalue weighted by Gasteiger charge is -2.23. The first-order valence-corrected chi connectivity index (χ1v) is 6.80. The number of fused-ring (bicyclic) bond motifs is 1. The fraction of sp³-hybridized carbons (Fsp3) is 0.375. The molecule has 0 saturated heterocycles. The van der Waals surface area contributed by atoms with E-state index in [2.05, 4.69) is 0 Å². The van der Waals surface area contributed by atoms with Gasteiger partial charge in [0, 0.05) is 0 Å². The molecule has 0 N–H and O–H groups in total. The minimum absolute atomic E-state index is 0.285. The number of esters is 2. The molecule has 0 spiro atoms. The van der Waals surface area contributed by atoms with Crippen molar-refractivity contribution in [2.24, 2.45) is 5.92 Å². The van der Waals surface area contributed by atoms with Gasteiger partial charge in [0.1, 0.15) is 0 Å². The van der Waals surface area contributed by atoms with Gasteiger partial charge in [0.25, 0.3) is 0 Å². The Kier molecular flexibility index (Phi) is 4.56. The van der Waals surface area contributed by atoms with E-state index >= 15 is 0 Å². The van der Waals surface area contributed by atoms with Crippen molar-refractivity contribution < 1.29 is 19.1 Å². The van der Waals surface area contributed by atoms with Crippen molar-refractivity contribution >= 4 is 18.0 Å². The van der Waals surface area contributed by atoms with Crippen LogP contribution in [0.5, 0.6) is 0 Å². The van der Waals surface area contributed by atoms with Crippen LogP contribution in [-0.4, -0.2) is 25.2 Å². The first-order valence-electron chi connectivity index (χ1n) is 6.80. The molecule has 1 aromatic carbocycles. The first kappa shape index (κ1) is 14.3. The Morgan fingerprint density at radius 2 is 1.85 bits per heavy atom. The van der Waals surface area contributed by atoms with Crippen LogP contribution in [0.25, 0.3) is 6.08 Å². The van der Waals surface area contributed by atoms with Gasteiger partial charge in [-0.15, -0.1) is 0 Å². The van der Waals surface area contributed by atoms with Gasteiger partial charge in [0.15, 0.2) is 0 Å². The number of rotatable bonds is 4. The third kappa shape index (κ3) is 2.90. The summed E-state index contributed by atoms with van der Waals surface area (Å²) < 4.78 is 10.1. The summed E-state index contributed by atoms with van der Waals surface area (Å²) in [5, 5.41) is 0. The Balaban J connectivity index is 2.37. The quantitative estimate of drug-likeness (QED) is 0.791. The molecule has 1 aromatic rings. The van der Waals surface area contributed by atoms with E-state index in [0.717, 1.165) is 11.1 Å². The standard InChI is InChI=1S/C16H18O4/c1-3-19-15(17)13-9-11-7-5-6-8-12(11)10-14(13)16(18)20-4-2/h5-9,14H,3-4,10H2,1-2H3. The highest BCUT2D eigenvalue weighted by Crippen LogP contribution is 2.30. The number of benzene rings is 1. The Hall–Kier alpha value is -2.10. The van der Waals surface area contributed by atoms with Crippen LogP contribution < -0.4 is 0 Å². The molecular formula is C16H18O4. The van der Waals surface area contributed by atoms with E-state index in [-0.39, 0.29) is 12.6 Å². The predicted octanol–water partition coefficient (Wildman–Crippen LogP) is 2.37. The fourth-order valence-electron chi connectivity index (χ4n) is 2.33. The van der Waals surface area contributed by atoms with Crippen LogP contribution in [0.4, 0.5) is 0 Å². The van der Waals surface area contributed by atoms with Gasteiger partial charge in [-0.1, -0.05) is 24.3 Å². The molecular weight excluding hydrogens is 256 g/mol. The minimum atomic E-state index is -0.580. The molecule has 0 amide bonds. The Labute approximate surface area is 118 Å². The molecule has 1 aliphatic carbocycles. The lowest BCUT2D eigenvalue weighted by Crippen LogP contribution is -2.29. The Bertz CT molecular complexity index is 545. The molecule has 0 aromatic heterocycles. The molecule has 1 atom stereocenters. The maximum absolute atomic E-state index is 12.1. The van der Waals surface area contributed by atoms with Gasteiger partial charge in [-0.3, -0.25) is 4.79 Å². The van der Waals surface area contributed by atoms with Gasteiger partial charge >= 0.3 is 11.9 Å². The molecule has 2 rings (SSSR count). The zero-order valence-corrected chi connectivity index (χ0v) is 11.7. The van der Waals surface area contributed by atoms with E-state index in [1.54, 1.807) is 19.9 Å². The van der Waals surface area contributed by atoms with Gasteiger partial charge < -0.3 is 9.47 Å². The van der Waals surface area contributed by atoms with Crippen LogP contribution in [0.1, 0.15) is 25.0 Å². The van der Waals surface area contributed by atoms with Crippen molar-refractivity contribution in [1.29, 1.82) is 0 Å². The van der Waals surface area contributed by atoms with E-state index in [1.807, 2.05) is 24.3 Å². The highest BCUT2D eigenvalue weighted by Gasteiger charge is 2.33. The largest absolute Gasteiger partial charge is 0.466 e. The molecule has 0 radical (unpaired) electrons. The SMILES string of the molecule is CCOC(=O)C1=Cc2ccccc2CC1C(=O)OCC. The third-order valence-corrected chi connectivity index (χ3v) is 3.25. The van der Waals surface area contributed by atoms with Crippen molar-refractivity contribution in [2.45, 2.75) is 20.3 Å². The van der Waals surface area contributed by atoms with E-state index in [0.29, 0.717) is 18.6 Å². The Morgan fingerprint density at radius 3 is 2.55 bits per heavy atom. The summed E-state index contributed by atoms with van der Waals surface area (Å²) >= 11 is 0. The van der Waals surface area contributed by atoms with Crippen LogP contribution in [0, 0.1) is 5.92 Å². The van der Waals surface area contributed by atoms with Gasteiger partial charge in [-0.2, -0.15) is 0 Å². The van der Waals surface area contributed by atoms with Crippen molar-refractivity contribution in [1.82, 2.24) is 0 Å². The van der Waals surface area contributed by atoms with Crippen LogP contribution in [0.3, 0.4) is 0 Å². The summed E-state index contributed by atoms with van der Waals surface area (Å²) in [5.41, 5.74) is 2.37. The second kappa shape index (κ2) is 6.37. The van der Waals surface area contributed by atoms with E-state index in [1.165, 1.54) is 0 Å². The lowest BCUT2D eigenvalue weighted by molar-refractivity contribution is -0.150. The smallest absolute Gasteiger partial charge is 0.334 e. The lowest BCUT2D eigenvalue weighted by atomic mass is 9.83. The molecule has 0 aliphatic heterocycles. The van der Waals surface area contributed by atoms with Gasteiger partial charge in [0.2, 0.25) is 0 Å². The number of carbonyl (C=O) groups is 2. The van der Waals surface area contributed by atoms with Crippen LogP contribution in [0.15, 0.2) is 29.8 Å². The van der Waals surface area contributed by atoms with E-state index in [4.69, 9.17) is 9.47 Å². The van der Waals surface area contributed by atoms with Crippen LogP contribution in [-0.2, 0) is 25.5 Å². The summed E-state index contributed by atoms with van der Waals surface area (Å²) in [6.07, 6.45) is 2.21. The molecule has 0 saturated carbocycles. The second-order valence-corrected chi connectivity index (χ2v) is 4.53. The van der Waals surface area contributed by atoms with Crippen molar-refractivity contribution in [3.63, 3.8) is 0 Å². The molecule has 106 valence electrons. The number of ether oxygens (including phenoxy) is 2. The summed E-state index contributed by atoms with van der Waals surface area (Å²) in [7, 11) is 0. The summed E-state index contributed by atoms with van der Waals surface area (Å²) in [5.74, 6) is -1.40. The topological polar surface area (TPSA) is 52.6 Å². The highest BCUT2D eigenvalue weighted by molar-refractivity contribution is 6.01. The molecule has 0 fully saturated rings. The highest BCUT2D eigenvalue weighted by atomic mass is 16.5. The molecule has 0 bridgehead atoms. The monoisotopic (exact) mass is 274 g/mol. The minimum Gasteiger partial charge on any atom is -0.466 e. The maximum atomic E-state index is 12.1. The summed E-state index contributed by atoms with van der Waals surface area (Å²) in [6.45, 7) is 4.08. The normalized spacial score (nSPS) is 16.9. The average Bonchev–Trinajstić information content (AvgIpc) is 2.46. The van der Waals surface area contributed by atoms with Crippen molar-refractivity contribution in [3.8, 4) is 0 Å². The zero-order valence-electron chi connectivity index (χ0n) is 11.7. The van der Waals surface area contributed by atoms with Crippen molar-refractivity contribution in [2.75, 3.05) is 13.2 Å². The van der Waals surface area contributed by atoms with Gasteiger partial charge in [0.05, 0.1) is 24.7 Å². The predicted molar refractivity (Wildman–Crippen MR) is 74.9 cm³/mol. The molecule has 1 aliphatic rings. The molecule has 4 nitrogen and oxygen atoms in total. The van der Waals surface area contributed by atoms with E-state index < -0.39 is 11.9 Å². The number of hydrogen-bond acceptors (Lipinski definition) is 4. The summed E-state index contributed by atoms with van der Waals surface area (Å²) in [6, 6.07) is 7.71. The maximum Gasteiger partial charge on any atom is 0.334 e. The van der Waals surface area contributed by atoms with E-state index in [9.17, 15) is 9.59 Å². The number of carbonyl (C=O) groups excluding carboxylic acids is 2. The molecule has 0 heterocycles. The third-order valence-electron chi connectivity index (χ3n) is 3.25. The first-order chi connectivity index (χ1) is 9.67. The molecule has 4 heteroatoms. The van der Waals surface area contributed by atoms with Crippen LogP contribution >= 0.6 is 0 Å². The average molecular weight is 274 g/mol. The zero-order chi connectivity index (χ0) is 14.5. The van der Waals surface area contributed by atoms with Gasteiger partial charge in [-0.25, -0.2) is 4.79 Å². The number of hydrogen-bond donors (Lipinski definition) is 0. The van der Waals surface area contributed by atoms with Crippen LogP contribution in [0.2, 0.25) is 0 Å². The fourth-order valence-corrected chi connectivity index (χ4v) is 2.33. The summed E-state index contributed by atoms with van der Waals surface area (Å²) in [4.78, 5) is 24.1.